The summed E-state index contributed by atoms with van der Waals surface area (Å²) in [5.41, 5.74) is 8.61. The van der Waals surface area contributed by atoms with Gasteiger partial charge in [0.05, 0.1) is 5.69 Å². The van der Waals surface area contributed by atoms with Gasteiger partial charge in [0.1, 0.15) is 5.65 Å². The Balaban J connectivity index is 1.70. The second-order valence-corrected chi connectivity index (χ2v) is 10.7. The van der Waals surface area contributed by atoms with Crippen LogP contribution >= 0.6 is 0 Å². The van der Waals surface area contributed by atoms with Gasteiger partial charge in [-0.3, -0.25) is 9.48 Å². The minimum Gasteiger partial charge on any atom is -0.399 e. The summed E-state index contributed by atoms with van der Waals surface area (Å²) in [6.07, 6.45) is 6.78. The molecule has 9 nitrogen and oxygen atoms in total. The van der Waals surface area contributed by atoms with Gasteiger partial charge in [-0.2, -0.15) is 5.10 Å². The average Bonchev–Trinajstić information content (AvgIpc) is 3.55. The first-order chi connectivity index (χ1) is 18.3. The molecule has 1 amide bonds. The summed E-state index contributed by atoms with van der Waals surface area (Å²) in [5, 5.41) is 4.45. The molecule has 1 unspecified atom stereocenters. The van der Waals surface area contributed by atoms with Crippen molar-refractivity contribution in [1.82, 2.24) is 23.9 Å². The third kappa shape index (κ3) is 4.87. The van der Waals surface area contributed by atoms with E-state index in [1.165, 1.54) is 16.8 Å². The first kappa shape index (κ1) is 24.8. The van der Waals surface area contributed by atoms with E-state index in [-0.39, 0.29) is 17.7 Å². The number of hydrogen-bond acceptors (Lipinski definition) is 6. The molecular formula is C28H24N6O3S. The lowest BCUT2D eigenvalue weighted by Gasteiger charge is -2.27. The number of aryl methyl sites for hydroxylation is 1. The third-order valence-electron chi connectivity index (χ3n) is 6.06. The second kappa shape index (κ2) is 9.88. The SMILES string of the molecule is Cn1ccc(C(C#Cc2cccc(N)c2)(Cc2ccn3ccnc3c2)S(=O)(=O)NC(=O)c2ccccc2)n1. The molecule has 0 saturated carbocycles. The molecule has 38 heavy (non-hydrogen) atoms. The van der Waals surface area contributed by atoms with Crippen LogP contribution in [0.15, 0.2) is 97.6 Å². The molecule has 0 aliphatic carbocycles. The fourth-order valence-electron chi connectivity index (χ4n) is 4.13. The number of aromatic nitrogens is 4. The van der Waals surface area contributed by atoms with E-state index in [9.17, 15) is 13.2 Å². The number of rotatable bonds is 6. The Kier molecular flexibility index (Phi) is 6.45. The predicted molar refractivity (Wildman–Crippen MR) is 144 cm³/mol. The van der Waals surface area contributed by atoms with E-state index < -0.39 is 20.7 Å². The summed E-state index contributed by atoms with van der Waals surface area (Å²) in [4.78, 5) is 17.4. The number of carbonyl (C=O) groups is 1. The molecule has 0 aliphatic rings. The Bertz CT molecular complexity index is 1800. The van der Waals surface area contributed by atoms with Crippen LogP contribution in [0.25, 0.3) is 5.65 Å². The summed E-state index contributed by atoms with van der Waals surface area (Å²) >= 11 is 0. The Labute approximate surface area is 220 Å². The van der Waals surface area contributed by atoms with Gasteiger partial charge in [0.2, 0.25) is 0 Å². The van der Waals surface area contributed by atoms with Gasteiger partial charge in [0.15, 0.2) is 4.75 Å². The first-order valence-electron chi connectivity index (χ1n) is 11.7. The van der Waals surface area contributed by atoms with Crippen molar-refractivity contribution in [3.05, 3.63) is 120 Å². The largest absolute Gasteiger partial charge is 0.399 e. The van der Waals surface area contributed by atoms with Crippen molar-refractivity contribution < 1.29 is 13.2 Å². The van der Waals surface area contributed by atoms with Crippen molar-refractivity contribution >= 4 is 27.3 Å². The summed E-state index contributed by atoms with van der Waals surface area (Å²) in [7, 11) is -2.81. The molecule has 0 saturated heterocycles. The number of sulfonamides is 1. The fraction of sp³-hybridized carbons (Fsp3) is 0.107. The Morgan fingerprint density at radius 3 is 2.58 bits per heavy atom. The summed E-state index contributed by atoms with van der Waals surface area (Å²) in [5.74, 6) is 5.19. The number of benzene rings is 2. The molecule has 2 aromatic carbocycles. The smallest absolute Gasteiger partial charge is 0.264 e. The lowest BCUT2D eigenvalue weighted by molar-refractivity contribution is 0.0980. The molecule has 10 heteroatoms. The fourth-order valence-corrected chi connectivity index (χ4v) is 5.59. The molecule has 1 atom stereocenters. The topological polar surface area (TPSA) is 124 Å². The van der Waals surface area contributed by atoms with Gasteiger partial charge in [-0.25, -0.2) is 18.1 Å². The van der Waals surface area contributed by atoms with E-state index in [2.05, 4.69) is 26.6 Å². The van der Waals surface area contributed by atoms with Gasteiger partial charge in [-0.05, 0) is 54.1 Å². The van der Waals surface area contributed by atoms with Crippen LogP contribution in [-0.2, 0) is 28.2 Å². The maximum atomic E-state index is 14.2. The molecule has 3 aromatic heterocycles. The minimum atomic E-state index is -4.50. The van der Waals surface area contributed by atoms with E-state index in [0.717, 1.165) is 0 Å². The quantitative estimate of drug-likeness (QED) is 0.260. The van der Waals surface area contributed by atoms with E-state index in [1.807, 2.05) is 4.40 Å². The Morgan fingerprint density at radius 1 is 1.03 bits per heavy atom. The number of nitrogens with two attached hydrogens (primary N) is 1. The van der Waals surface area contributed by atoms with Crippen LogP contribution < -0.4 is 10.5 Å². The van der Waals surface area contributed by atoms with Gasteiger partial charge < -0.3 is 10.1 Å². The van der Waals surface area contributed by atoms with Crippen LogP contribution in [0, 0.1) is 11.8 Å². The van der Waals surface area contributed by atoms with E-state index in [4.69, 9.17) is 5.73 Å². The van der Waals surface area contributed by atoms with Crippen molar-refractivity contribution in [2.45, 2.75) is 11.2 Å². The lowest BCUT2D eigenvalue weighted by Crippen LogP contribution is -2.47. The number of nitrogens with one attached hydrogen (secondary N) is 1. The zero-order valence-electron chi connectivity index (χ0n) is 20.4. The Morgan fingerprint density at radius 2 is 1.84 bits per heavy atom. The predicted octanol–water partition coefficient (Wildman–Crippen LogP) is 2.90. The highest BCUT2D eigenvalue weighted by Crippen LogP contribution is 2.33. The normalized spacial score (nSPS) is 12.9. The number of imidazole rings is 1. The highest BCUT2D eigenvalue weighted by molar-refractivity contribution is 7.91. The second-order valence-electron chi connectivity index (χ2n) is 8.78. The average molecular weight is 525 g/mol. The maximum Gasteiger partial charge on any atom is 0.264 e. The van der Waals surface area contributed by atoms with Gasteiger partial charge in [0, 0.05) is 55.1 Å². The number of nitrogens with zero attached hydrogens (tertiary/aromatic N) is 4. The Hall–Kier alpha value is -4.88. The standard InChI is InChI=1S/C28H24N6O3S/c1-33-15-12-25(31-33)28(13-10-21-6-5-9-24(29)18-21,20-22-11-16-34-17-14-30-26(34)19-22)38(36,37)32-27(35)23-7-3-2-4-8-23/h2-9,11-12,14-19H,20,29H2,1H3,(H,32,35). The molecule has 0 bridgehead atoms. The number of pyridine rings is 1. The van der Waals surface area contributed by atoms with Crippen LogP contribution in [-0.4, -0.2) is 33.5 Å². The molecule has 0 radical (unpaired) electrons. The highest BCUT2D eigenvalue weighted by Gasteiger charge is 2.48. The zero-order valence-corrected chi connectivity index (χ0v) is 21.3. The number of fused-ring (bicyclic) bond motifs is 1. The molecule has 0 fully saturated rings. The van der Waals surface area contributed by atoms with Crippen molar-refractivity contribution in [3.8, 4) is 11.8 Å². The zero-order chi connectivity index (χ0) is 26.8. The lowest BCUT2D eigenvalue weighted by atomic mass is 9.95. The van der Waals surface area contributed by atoms with Crippen molar-refractivity contribution in [2.24, 2.45) is 7.05 Å². The molecule has 3 heterocycles. The van der Waals surface area contributed by atoms with Gasteiger partial charge in [0.25, 0.3) is 15.9 Å². The number of hydrogen-bond donors (Lipinski definition) is 2. The number of nitrogen functional groups attached to an aromatic ring is 1. The van der Waals surface area contributed by atoms with Gasteiger partial charge >= 0.3 is 0 Å². The number of anilines is 1. The maximum absolute atomic E-state index is 14.2. The minimum absolute atomic E-state index is 0.0971. The molecule has 0 spiro atoms. The highest BCUT2D eigenvalue weighted by atomic mass is 32.2. The molecule has 5 aromatic rings. The van der Waals surface area contributed by atoms with Crippen molar-refractivity contribution in [2.75, 3.05) is 5.73 Å². The number of carbonyl (C=O) groups excluding carboxylic acids is 1. The molecule has 190 valence electrons. The molecule has 5 rings (SSSR count). The molecule has 3 N–H and O–H groups in total. The third-order valence-corrected chi connectivity index (χ3v) is 7.89. The molecule has 0 aliphatic heterocycles. The number of amides is 1. The van der Waals surface area contributed by atoms with Crippen molar-refractivity contribution in [3.63, 3.8) is 0 Å². The van der Waals surface area contributed by atoms with Crippen LogP contribution in [0.5, 0.6) is 0 Å². The van der Waals surface area contributed by atoms with Gasteiger partial charge in [-0.15, -0.1) is 0 Å². The van der Waals surface area contributed by atoms with Crippen LogP contribution in [0.4, 0.5) is 5.69 Å². The van der Waals surface area contributed by atoms with E-state index in [1.54, 1.807) is 92.5 Å². The van der Waals surface area contributed by atoms with Crippen LogP contribution in [0.1, 0.15) is 27.2 Å². The van der Waals surface area contributed by atoms with E-state index >= 15 is 0 Å². The monoisotopic (exact) mass is 524 g/mol. The molecular weight excluding hydrogens is 500 g/mol. The van der Waals surface area contributed by atoms with Gasteiger partial charge in [-0.1, -0.05) is 36.1 Å². The van der Waals surface area contributed by atoms with Crippen LogP contribution in [0.2, 0.25) is 0 Å². The summed E-state index contributed by atoms with van der Waals surface area (Å²) < 4.78 is 32.1. The first-order valence-corrected chi connectivity index (χ1v) is 13.2. The summed E-state index contributed by atoms with van der Waals surface area (Å²) in [6, 6.07) is 20.2. The summed E-state index contributed by atoms with van der Waals surface area (Å²) in [6.45, 7) is 0. The van der Waals surface area contributed by atoms with Crippen LogP contribution in [0.3, 0.4) is 0 Å². The van der Waals surface area contributed by atoms with Crippen molar-refractivity contribution in [1.29, 1.82) is 0 Å². The van der Waals surface area contributed by atoms with E-state index in [0.29, 0.717) is 22.5 Å².